The first kappa shape index (κ1) is 20.3. The number of hydrogen-bond acceptors (Lipinski definition) is 4. The molecule has 24 heavy (non-hydrogen) atoms. The zero-order valence-electron chi connectivity index (χ0n) is 12.4. The van der Waals surface area contributed by atoms with Gasteiger partial charge >= 0.3 is 6.36 Å². The molecule has 4 nitrogen and oxygen atoms in total. The van der Waals surface area contributed by atoms with E-state index in [0.29, 0.717) is 11.1 Å². The Bertz CT molecular complexity index is 775. The van der Waals surface area contributed by atoms with Gasteiger partial charge in [-0.2, -0.15) is 0 Å². The third-order valence-electron chi connectivity index (χ3n) is 3.14. The van der Waals surface area contributed by atoms with Crippen LogP contribution in [0.2, 0.25) is 0 Å². The van der Waals surface area contributed by atoms with Gasteiger partial charge in [-0.05, 0) is 35.4 Å². The van der Waals surface area contributed by atoms with Crippen LogP contribution < -0.4 is 10.5 Å². The normalized spacial score (nSPS) is 13.0. The molecular formula is C15H15ClF3NO3S. The van der Waals surface area contributed by atoms with E-state index in [1.807, 2.05) is 0 Å². The van der Waals surface area contributed by atoms with Crippen LogP contribution in [-0.2, 0) is 9.84 Å². The standard InChI is InChI=1S/C15H14F3NO3S.ClH/c1-23(20,21)13-8-4-11(5-9-13)14(19)10-2-6-12(7-3-10)22-15(16,17)18;/h2-9,14H,19H2,1H3;1H/t14-;/m0./s1. The second kappa shape index (κ2) is 7.42. The van der Waals surface area contributed by atoms with Crippen LogP contribution in [0.5, 0.6) is 5.75 Å². The Kier molecular flexibility index (Phi) is 6.26. The van der Waals surface area contributed by atoms with Gasteiger partial charge < -0.3 is 10.5 Å². The molecule has 0 aliphatic heterocycles. The summed E-state index contributed by atoms with van der Waals surface area (Å²) in [4.78, 5) is 0.169. The summed E-state index contributed by atoms with van der Waals surface area (Å²) in [5.41, 5.74) is 7.26. The van der Waals surface area contributed by atoms with Crippen LogP contribution in [0.4, 0.5) is 13.2 Å². The number of rotatable bonds is 4. The van der Waals surface area contributed by atoms with Gasteiger partial charge in [0.15, 0.2) is 9.84 Å². The molecule has 2 rings (SSSR count). The summed E-state index contributed by atoms with van der Waals surface area (Å²) < 4.78 is 62.9. The summed E-state index contributed by atoms with van der Waals surface area (Å²) in [5, 5.41) is 0. The number of ether oxygens (including phenoxy) is 1. The van der Waals surface area contributed by atoms with Crippen molar-refractivity contribution in [3.05, 3.63) is 59.7 Å². The van der Waals surface area contributed by atoms with Crippen LogP contribution in [0.3, 0.4) is 0 Å². The lowest BCUT2D eigenvalue weighted by Gasteiger charge is -2.14. The predicted octanol–water partition coefficient (Wildman–Crippen LogP) is 3.46. The Labute approximate surface area is 143 Å². The minimum atomic E-state index is -4.74. The van der Waals surface area contributed by atoms with E-state index in [0.717, 1.165) is 6.26 Å². The molecule has 2 aromatic rings. The molecule has 0 spiro atoms. The molecule has 0 radical (unpaired) electrons. The average molecular weight is 382 g/mol. The number of alkyl halides is 3. The fraction of sp³-hybridized carbons (Fsp3) is 0.200. The third-order valence-corrected chi connectivity index (χ3v) is 4.27. The lowest BCUT2D eigenvalue weighted by atomic mass is 10.00. The Morgan fingerprint density at radius 2 is 1.38 bits per heavy atom. The second-order valence-electron chi connectivity index (χ2n) is 4.94. The SMILES string of the molecule is CS(=O)(=O)c1ccc([C@@H](N)c2ccc(OC(F)(F)F)cc2)cc1.Cl. The van der Waals surface area contributed by atoms with Crippen LogP contribution >= 0.6 is 12.4 Å². The summed E-state index contributed by atoms with van der Waals surface area (Å²) in [6.07, 6.45) is -3.65. The van der Waals surface area contributed by atoms with Crippen LogP contribution in [0.15, 0.2) is 53.4 Å². The van der Waals surface area contributed by atoms with E-state index >= 15 is 0 Å². The molecule has 0 amide bonds. The number of halogens is 4. The predicted molar refractivity (Wildman–Crippen MR) is 86.0 cm³/mol. The summed E-state index contributed by atoms with van der Waals surface area (Å²) in [7, 11) is -3.30. The molecule has 1 atom stereocenters. The molecule has 2 aromatic carbocycles. The Morgan fingerprint density at radius 1 is 0.958 bits per heavy atom. The summed E-state index contributed by atoms with van der Waals surface area (Å²) in [6.45, 7) is 0. The molecule has 0 heterocycles. The zero-order valence-corrected chi connectivity index (χ0v) is 14.1. The maximum absolute atomic E-state index is 12.1. The van der Waals surface area contributed by atoms with E-state index in [-0.39, 0.29) is 23.1 Å². The third kappa shape index (κ3) is 5.40. The van der Waals surface area contributed by atoms with Gasteiger partial charge in [-0.25, -0.2) is 8.42 Å². The topological polar surface area (TPSA) is 69.4 Å². The number of sulfone groups is 1. The molecule has 0 saturated carbocycles. The summed E-state index contributed by atoms with van der Waals surface area (Å²) in [5.74, 6) is -0.333. The number of hydrogen-bond donors (Lipinski definition) is 1. The molecule has 0 saturated heterocycles. The minimum Gasteiger partial charge on any atom is -0.406 e. The summed E-state index contributed by atoms with van der Waals surface area (Å²) >= 11 is 0. The van der Waals surface area contributed by atoms with E-state index in [1.54, 1.807) is 12.1 Å². The maximum Gasteiger partial charge on any atom is 0.573 e. The first-order valence-corrected chi connectivity index (χ1v) is 8.37. The van der Waals surface area contributed by atoms with Crippen molar-refractivity contribution in [1.29, 1.82) is 0 Å². The van der Waals surface area contributed by atoms with Crippen molar-refractivity contribution in [1.82, 2.24) is 0 Å². The van der Waals surface area contributed by atoms with Crippen LogP contribution in [0.1, 0.15) is 17.2 Å². The van der Waals surface area contributed by atoms with E-state index in [2.05, 4.69) is 4.74 Å². The summed E-state index contributed by atoms with van der Waals surface area (Å²) in [6, 6.07) is 10.6. The fourth-order valence-electron chi connectivity index (χ4n) is 1.99. The Morgan fingerprint density at radius 3 is 1.75 bits per heavy atom. The van der Waals surface area contributed by atoms with E-state index < -0.39 is 22.2 Å². The van der Waals surface area contributed by atoms with Gasteiger partial charge in [-0.15, -0.1) is 25.6 Å². The smallest absolute Gasteiger partial charge is 0.406 e. The van der Waals surface area contributed by atoms with Gasteiger partial charge in [0, 0.05) is 6.26 Å². The molecule has 0 aliphatic carbocycles. The van der Waals surface area contributed by atoms with Crippen molar-refractivity contribution in [3.63, 3.8) is 0 Å². The highest BCUT2D eigenvalue weighted by Crippen LogP contribution is 2.26. The average Bonchev–Trinajstić information content (AvgIpc) is 2.45. The zero-order chi connectivity index (χ0) is 17.3. The Hall–Kier alpha value is -1.77. The molecule has 2 N–H and O–H groups in total. The minimum absolute atomic E-state index is 0. The van der Waals surface area contributed by atoms with E-state index in [9.17, 15) is 21.6 Å². The van der Waals surface area contributed by atoms with Crippen LogP contribution in [-0.4, -0.2) is 21.0 Å². The monoisotopic (exact) mass is 381 g/mol. The molecular weight excluding hydrogens is 367 g/mol. The van der Waals surface area contributed by atoms with E-state index in [4.69, 9.17) is 5.73 Å². The van der Waals surface area contributed by atoms with Crippen LogP contribution in [0, 0.1) is 0 Å². The molecule has 9 heteroatoms. The van der Waals surface area contributed by atoms with Gasteiger partial charge in [0.05, 0.1) is 10.9 Å². The highest BCUT2D eigenvalue weighted by Gasteiger charge is 2.31. The first-order chi connectivity index (χ1) is 10.6. The van der Waals surface area contributed by atoms with Crippen LogP contribution in [0.25, 0.3) is 0 Å². The van der Waals surface area contributed by atoms with Crippen molar-refractivity contribution in [2.75, 3.05) is 6.26 Å². The van der Waals surface area contributed by atoms with Crippen molar-refractivity contribution in [3.8, 4) is 5.75 Å². The fourth-order valence-corrected chi connectivity index (χ4v) is 2.62. The largest absolute Gasteiger partial charge is 0.573 e. The van der Waals surface area contributed by atoms with Crippen molar-refractivity contribution < 1.29 is 26.3 Å². The lowest BCUT2D eigenvalue weighted by molar-refractivity contribution is -0.274. The van der Waals surface area contributed by atoms with Gasteiger partial charge in [-0.1, -0.05) is 24.3 Å². The molecule has 0 unspecified atom stereocenters. The first-order valence-electron chi connectivity index (χ1n) is 6.47. The van der Waals surface area contributed by atoms with Gasteiger partial charge in [0.1, 0.15) is 5.75 Å². The molecule has 0 aromatic heterocycles. The molecule has 0 aliphatic rings. The molecule has 0 bridgehead atoms. The second-order valence-corrected chi connectivity index (χ2v) is 6.95. The van der Waals surface area contributed by atoms with Gasteiger partial charge in [0.2, 0.25) is 0 Å². The number of nitrogens with two attached hydrogens (primary N) is 1. The van der Waals surface area contributed by atoms with Crippen molar-refractivity contribution in [2.24, 2.45) is 5.73 Å². The Balaban J connectivity index is 0.00000288. The van der Waals surface area contributed by atoms with Gasteiger partial charge in [-0.3, -0.25) is 0 Å². The number of benzene rings is 2. The quantitative estimate of drug-likeness (QED) is 0.880. The molecule has 0 fully saturated rings. The highest BCUT2D eigenvalue weighted by molar-refractivity contribution is 7.90. The lowest BCUT2D eigenvalue weighted by Crippen LogP contribution is -2.17. The maximum atomic E-state index is 12.1. The van der Waals surface area contributed by atoms with Crippen molar-refractivity contribution in [2.45, 2.75) is 17.3 Å². The van der Waals surface area contributed by atoms with Crippen molar-refractivity contribution >= 4 is 22.2 Å². The van der Waals surface area contributed by atoms with Gasteiger partial charge in [0.25, 0.3) is 0 Å². The van der Waals surface area contributed by atoms with E-state index in [1.165, 1.54) is 36.4 Å². The molecule has 132 valence electrons. The highest BCUT2D eigenvalue weighted by atomic mass is 35.5.